The van der Waals surface area contributed by atoms with E-state index in [9.17, 15) is 8.42 Å². The molecular formula is C14H27NO4S. The Labute approximate surface area is 122 Å². The zero-order valence-corrected chi connectivity index (χ0v) is 13.0. The minimum atomic E-state index is -3.45. The van der Waals surface area contributed by atoms with Gasteiger partial charge in [-0.05, 0) is 32.1 Å². The first-order valence-electron chi connectivity index (χ1n) is 7.69. The Morgan fingerprint density at radius 3 is 2.50 bits per heavy atom. The predicted octanol–water partition coefficient (Wildman–Crippen LogP) is 1.81. The van der Waals surface area contributed by atoms with Crippen molar-refractivity contribution in [1.29, 1.82) is 0 Å². The number of hydrogen-bond donors (Lipinski definition) is 1. The van der Waals surface area contributed by atoms with Gasteiger partial charge >= 0.3 is 0 Å². The molecular weight excluding hydrogens is 278 g/mol. The summed E-state index contributed by atoms with van der Waals surface area (Å²) in [5.41, 5.74) is -0.277. The van der Waals surface area contributed by atoms with Gasteiger partial charge in [-0.1, -0.05) is 19.3 Å². The SMILES string of the molecule is NS(=O)(=O)CC1(COCC2CCCCO2)CCCCC1. The van der Waals surface area contributed by atoms with Gasteiger partial charge in [0.2, 0.25) is 10.0 Å². The van der Waals surface area contributed by atoms with Crippen LogP contribution in [0.1, 0.15) is 51.4 Å². The van der Waals surface area contributed by atoms with Gasteiger partial charge in [-0.2, -0.15) is 0 Å². The molecule has 0 aromatic carbocycles. The van der Waals surface area contributed by atoms with E-state index >= 15 is 0 Å². The molecule has 1 saturated carbocycles. The molecule has 1 aliphatic carbocycles. The van der Waals surface area contributed by atoms with Gasteiger partial charge in [0, 0.05) is 12.0 Å². The van der Waals surface area contributed by atoms with Crippen molar-refractivity contribution in [3.05, 3.63) is 0 Å². The maximum absolute atomic E-state index is 11.5. The Kier molecular flexibility index (Phi) is 5.84. The Balaban J connectivity index is 1.83. The highest BCUT2D eigenvalue weighted by molar-refractivity contribution is 7.89. The second-order valence-electron chi connectivity index (χ2n) is 6.37. The lowest BCUT2D eigenvalue weighted by molar-refractivity contribution is -0.0608. The van der Waals surface area contributed by atoms with E-state index in [-0.39, 0.29) is 17.3 Å². The van der Waals surface area contributed by atoms with Crippen LogP contribution in [0.4, 0.5) is 0 Å². The normalized spacial score (nSPS) is 27.4. The van der Waals surface area contributed by atoms with Crippen molar-refractivity contribution < 1.29 is 17.9 Å². The van der Waals surface area contributed by atoms with Crippen molar-refractivity contribution in [2.24, 2.45) is 10.6 Å². The molecule has 0 amide bonds. The van der Waals surface area contributed by atoms with Gasteiger partial charge in [0.15, 0.2) is 0 Å². The van der Waals surface area contributed by atoms with Crippen LogP contribution in [0.5, 0.6) is 0 Å². The zero-order valence-electron chi connectivity index (χ0n) is 12.2. The Hall–Kier alpha value is -0.170. The minimum Gasteiger partial charge on any atom is -0.378 e. The number of rotatable bonds is 6. The highest BCUT2D eigenvalue weighted by Crippen LogP contribution is 2.37. The van der Waals surface area contributed by atoms with Crippen molar-refractivity contribution in [1.82, 2.24) is 0 Å². The van der Waals surface area contributed by atoms with Gasteiger partial charge in [0.05, 0.1) is 25.1 Å². The average molecular weight is 305 g/mol. The van der Waals surface area contributed by atoms with Crippen LogP contribution in [-0.4, -0.2) is 40.1 Å². The Morgan fingerprint density at radius 2 is 1.90 bits per heavy atom. The summed E-state index contributed by atoms with van der Waals surface area (Å²) in [5, 5.41) is 5.26. The smallest absolute Gasteiger partial charge is 0.209 e. The average Bonchev–Trinajstić information content (AvgIpc) is 2.39. The molecule has 1 saturated heterocycles. The summed E-state index contributed by atoms with van der Waals surface area (Å²) in [6.45, 7) is 1.88. The Morgan fingerprint density at radius 1 is 1.15 bits per heavy atom. The molecule has 2 aliphatic rings. The van der Waals surface area contributed by atoms with Crippen LogP contribution in [0.3, 0.4) is 0 Å². The summed E-state index contributed by atoms with van der Waals surface area (Å²) in [7, 11) is -3.45. The predicted molar refractivity (Wildman–Crippen MR) is 77.9 cm³/mol. The number of primary sulfonamides is 1. The van der Waals surface area contributed by atoms with Gasteiger partial charge < -0.3 is 9.47 Å². The van der Waals surface area contributed by atoms with Crippen molar-refractivity contribution in [3.63, 3.8) is 0 Å². The first kappa shape index (κ1) is 16.2. The van der Waals surface area contributed by atoms with Gasteiger partial charge in [-0.15, -0.1) is 0 Å². The van der Waals surface area contributed by atoms with E-state index in [1.807, 2.05) is 0 Å². The molecule has 20 heavy (non-hydrogen) atoms. The lowest BCUT2D eigenvalue weighted by Gasteiger charge is -2.36. The van der Waals surface area contributed by atoms with Crippen molar-refractivity contribution in [3.8, 4) is 0 Å². The molecule has 0 bridgehead atoms. The van der Waals surface area contributed by atoms with Crippen molar-refractivity contribution >= 4 is 10.0 Å². The second-order valence-corrected chi connectivity index (χ2v) is 7.99. The third-order valence-electron chi connectivity index (χ3n) is 4.41. The van der Waals surface area contributed by atoms with Crippen LogP contribution in [0, 0.1) is 5.41 Å². The summed E-state index contributed by atoms with van der Waals surface area (Å²) >= 11 is 0. The fourth-order valence-electron chi connectivity index (χ4n) is 3.40. The lowest BCUT2D eigenvalue weighted by atomic mass is 9.76. The van der Waals surface area contributed by atoms with Crippen LogP contribution in [0.25, 0.3) is 0 Å². The van der Waals surface area contributed by atoms with E-state index in [2.05, 4.69) is 0 Å². The third-order valence-corrected chi connectivity index (χ3v) is 5.42. The molecule has 0 radical (unpaired) electrons. The van der Waals surface area contributed by atoms with E-state index in [0.29, 0.717) is 13.2 Å². The minimum absolute atomic E-state index is 0.0471. The quantitative estimate of drug-likeness (QED) is 0.811. The lowest BCUT2D eigenvalue weighted by Crippen LogP contribution is -2.40. The van der Waals surface area contributed by atoms with E-state index in [1.54, 1.807) is 0 Å². The molecule has 1 unspecified atom stereocenters. The maximum atomic E-state index is 11.5. The van der Waals surface area contributed by atoms with Gasteiger partial charge in [-0.3, -0.25) is 0 Å². The van der Waals surface area contributed by atoms with Crippen LogP contribution >= 0.6 is 0 Å². The summed E-state index contributed by atoms with van der Waals surface area (Å²) in [5.74, 6) is 0.0471. The number of nitrogens with two attached hydrogens (primary N) is 1. The van der Waals surface area contributed by atoms with Crippen LogP contribution in [0.2, 0.25) is 0 Å². The molecule has 5 nitrogen and oxygen atoms in total. The fourth-order valence-corrected chi connectivity index (χ4v) is 4.63. The summed E-state index contributed by atoms with van der Waals surface area (Å²) in [6.07, 6.45) is 8.66. The van der Waals surface area contributed by atoms with E-state index < -0.39 is 10.0 Å². The second kappa shape index (κ2) is 7.20. The molecule has 6 heteroatoms. The maximum Gasteiger partial charge on any atom is 0.209 e. The number of sulfonamides is 1. The topological polar surface area (TPSA) is 78.6 Å². The summed E-state index contributed by atoms with van der Waals surface area (Å²) in [4.78, 5) is 0. The monoisotopic (exact) mass is 305 g/mol. The third kappa shape index (κ3) is 5.31. The largest absolute Gasteiger partial charge is 0.378 e. The number of ether oxygens (including phenoxy) is 2. The molecule has 1 aliphatic heterocycles. The highest BCUT2D eigenvalue weighted by Gasteiger charge is 2.36. The molecule has 118 valence electrons. The van der Waals surface area contributed by atoms with E-state index in [1.165, 1.54) is 12.8 Å². The van der Waals surface area contributed by atoms with Gasteiger partial charge in [0.25, 0.3) is 0 Å². The number of hydrogen-bond acceptors (Lipinski definition) is 4. The van der Waals surface area contributed by atoms with Crippen molar-refractivity contribution in [2.45, 2.75) is 57.5 Å². The highest BCUT2D eigenvalue weighted by atomic mass is 32.2. The molecule has 0 aromatic heterocycles. The summed E-state index contributed by atoms with van der Waals surface area (Å²) in [6, 6.07) is 0. The molecule has 2 fully saturated rings. The van der Waals surface area contributed by atoms with Crippen LogP contribution in [0.15, 0.2) is 0 Å². The van der Waals surface area contributed by atoms with Crippen LogP contribution in [-0.2, 0) is 19.5 Å². The molecule has 2 rings (SSSR count). The Bertz CT molecular complexity index is 384. The van der Waals surface area contributed by atoms with E-state index in [4.69, 9.17) is 14.6 Å². The molecule has 1 atom stereocenters. The first-order chi connectivity index (χ1) is 9.49. The van der Waals surface area contributed by atoms with Gasteiger partial charge in [-0.25, -0.2) is 13.6 Å². The van der Waals surface area contributed by atoms with Crippen molar-refractivity contribution in [2.75, 3.05) is 25.6 Å². The molecule has 1 heterocycles. The standard InChI is InChI=1S/C14H27NO4S/c15-20(16,17)12-14(7-3-1-4-8-14)11-18-10-13-6-2-5-9-19-13/h13H,1-12H2,(H2,15,16,17). The zero-order chi connectivity index (χ0) is 14.5. The summed E-state index contributed by atoms with van der Waals surface area (Å²) < 4.78 is 34.4. The molecule has 2 N–H and O–H groups in total. The van der Waals surface area contributed by atoms with Gasteiger partial charge in [0.1, 0.15) is 0 Å². The molecule has 0 aromatic rings. The van der Waals surface area contributed by atoms with E-state index in [0.717, 1.165) is 45.1 Å². The first-order valence-corrected chi connectivity index (χ1v) is 9.41. The fraction of sp³-hybridized carbons (Fsp3) is 1.00. The van der Waals surface area contributed by atoms with Crippen LogP contribution < -0.4 is 5.14 Å². The molecule has 0 spiro atoms.